The molecule has 1 aromatic heterocycles. The summed E-state index contributed by atoms with van der Waals surface area (Å²) >= 11 is 0. The van der Waals surface area contributed by atoms with Gasteiger partial charge in [-0.25, -0.2) is 0 Å². The van der Waals surface area contributed by atoms with E-state index in [9.17, 15) is 9.59 Å². The zero-order valence-electron chi connectivity index (χ0n) is 15.5. The average molecular weight is 381 g/mol. The molecule has 1 saturated carbocycles. The fourth-order valence-corrected chi connectivity index (χ4v) is 3.57. The Morgan fingerprint density at radius 1 is 1.21 bits per heavy atom. The highest BCUT2D eigenvalue weighted by Gasteiger charge is 2.47. The Morgan fingerprint density at radius 2 is 1.96 bits per heavy atom. The molecule has 0 bridgehead atoms. The van der Waals surface area contributed by atoms with Crippen molar-refractivity contribution >= 4 is 11.8 Å². The average Bonchev–Trinajstić information content (AvgIpc) is 3.58. The fraction of sp³-hybridized carbons (Fsp3) is 0.381. The second kappa shape index (κ2) is 8.08. The second-order valence-electron chi connectivity index (χ2n) is 7.19. The summed E-state index contributed by atoms with van der Waals surface area (Å²) in [4.78, 5) is 31.4. The number of morpholine rings is 1. The third kappa shape index (κ3) is 3.90. The Bertz CT molecular complexity index is 836. The van der Waals surface area contributed by atoms with Gasteiger partial charge in [0.15, 0.2) is 6.10 Å². The predicted octanol–water partition coefficient (Wildman–Crippen LogP) is 1.32. The summed E-state index contributed by atoms with van der Waals surface area (Å²) in [5.41, 5.74) is 2.55. The Labute approximate surface area is 163 Å². The van der Waals surface area contributed by atoms with Gasteiger partial charge in [0.2, 0.25) is 5.91 Å². The van der Waals surface area contributed by atoms with Gasteiger partial charge in [-0.05, 0) is 35.6 Å². The number of pyridine rings is 1. The highest BCUT2D eigenvalue weighted by atomic mass is 16.5. The van der Waals surface area contributed by atoms with Gasteiger partial charge < -0.3 is 20.1 Å². The second-order valence-corrected chi connectivity index (χ2v) is 7.19. The molecular weight excluding hydrogens is 358 g/mol. The Kier molecular flexibility index (Phi) is 5.36. The molecule has 1 aromatic carbocycles. The van der Waals surface area contributed by atoms with Gasteiger partial charge in [0, 0.05) is 25.0 Å². The first-order valence-corrected chi connectivity index (χ1v) is 9.46. The van der Waals surface area contributed by atoms with Crippen LogP contribution < -0.4 is 5.32 Å². The number of hydrogen-bond acceptors (Lipinski definition) is 5. The maximum atomic E-state index is 12.9. The molecular formula is C21H23N3O4. The van der Waals surface area contributed by atoms with Gasteiger partial charge in [-0.15, -0.1) is 0 Å². The van der Waals surface area contributed by atoms with Crippen LogP contribution in [0.1, 0.15) is 35.6 Å². The van der Waals surface area contributed by atoms with E-state index in [-0.39, 0.29) is 31.1 Å². The van der Waals surface area contributed by atoms with Gasteiger partial charge >= 0.3 is 0 Å². The summed E-state index contributed by atoms with van der Waals surface area (Å²) in [6.45, 7) is 0.248. The van der Waals surface area contributed by atoms with E-state index < -0.39 is 12.1 Å². The van der Waals surface area contributed by atoms with Crippen LogP contribution in [0.25, 0.3) is 0 Å². The lowest BCUT2D eigenvalue weighted by Crippen LogP contribution is -2.55. The number of ether oxygens (including phenoxy) is 1. The summed E-state index contributed by atoms with van der Waals surface area (Å²) in [5, 5.41) is 12.0. The topological polar surface area (TPSA) is 91.8 Å². The van der Waals surface area contributed by atoms with Crippen molar-refractivity contribution in [1.29, 1.82) is 0 Å². The molecule has 1 aliphatic carbocycles. The molecule has 7 heteroatoms. The number of amides is 2. The minimum Gasteiger partial charge on any atom is -0.392 e. The number of carbonyl (C=O) groups is 2. The first-order chi connectivity index (χ1) is 13.7. The van der Waals surface area contributed by atoms with E-state index in [1.54, 1.807) is 23.4 Å². The quantitative estimate of drug-likeness (QED) is 0.788. The number of carbonyl (C=O) groups excluding carboxylic acids is 2. The number of nitrogens with zero attached hydrogens (tertiary/aromatic N) is 2. The van der Waals surface area contributed by atoms with Crippen LogP contribution in [0.5, 0.6) is 0 Å². The Hall–Kier alpha value is -2.77. The monoisotopic (exact) mass is 381 g/mol. The minimum absolute atomic E-state index is 0.0135. The molecule has 7 nitrogen and oxygen atoms in total. The van der Waals surface area contributed by atoms with E-state index in [0.29, 0.717) is 6.54 Å². The summed E-state index contributed by atoms with van der Waals surface area (Å²) in [6.07, 6.45) is 4.48. The van der Waals surface area contributed by atoms with Crippen molar-refractivity contribution in [2.75, 3.05) is 6.61 Å². The van der Waals surface area contributed by atoms with Crippen LogP contribution in [-0.2, 0) is 27.5 Å². The molecule has 1 saturated heterocycles. The third-order valence-corrected chi connectivity index (χ3v) is 5.16. The van der Waals surface area contributed by atoms with Gasteiger partial charge in [0.25, 0.3) is 5.91 Å². The van der Waals surface area contributed by atoms with Crippen molar-refractivity contribution in [2.45, 2.75) is 44.2 Å². The number of benzene rings is 1. The first-order valence-electron chi connectivity index (χ1n) is 9.46. The van der Waals surface area contributed by atoms with Gasteiger partial charge in [-0.3, -0.25) is 14.6 Å². The van der Waals surface area contributed by atoms with E-state index in [4.69, 9.17) is 9.84 Å². The maximum Gasteiger partial charge on any atom is 0.251 e. The minimum atomic E-state index is -0.779. The van der Waals surface area contributed by atoms with E-state index in [2.05, 4.69) is 10.3 Å². The standard InChI is InChI=1S/C21H23N3O4/c25-12-15-5-3-14(4-6-15)10-23-21(27)20-19(16-2-1-9-22-11-16)24(17-7-8-17)18(26)13-28-20/h1-6,9,11,17,19-20,25H,7-8,10,12-13H2,(H,23,27)/t19-,20+/m1/s1. The van der Waals surface area contributed by atoms with E-state index in [0.717, 1.165) is 29.5 Å². The van der Waals surface area contributed by atoms with Crippen LogP contribution in [0.2, 0.25) is 0 Å². The SMILES string of the molecule is O=C(NCc1ccc(CO)cc1)[C@H]1OCC(=O)N(C2CC2)[C@@H]1c1cccnc1. The molecule has 2 aliphatic rings. The van der Waals surface area contributed by atoms with Crippen LogP contribution in [0.4, 0.5) is 0 Å². The number of hydrogen-bond donors (Lipinski definition) is 2. The molecule has 146 valence electrons. The van der Waals surface area contributed by atoms with E-state index in [1.807, 2.05) is 30.3 Å². The lowest BCUT2D eigenvalue weighted by Gasteiger charge is -2.40. The fourth-order valence-electron chi connectivity index (χ4n) is 3.57. The summed E-state index contributed by atoms with van der Waals surface area (Å²) in [7, 11) is 0. The molecule has 2 atom stereocenters. The molecule has 0 spiro atoms. The van der Waals surface area contributed by atoms with Gasteiger partial charge in [-0.1, -0.05) is 30.3 Å². The molecule has 2 heterocycles. The zero-order chi connectivity index (χ0) is 19.5. The van der Waals surface area contributed by atoms with E-state index in [1.165, 1.54) is 0 Å². The Morgan fingerprint density at radius 3 is 2.61 bits per heavy atom. The van der Waals surface area contributed by atoms with E-state index >= 15 is 0 Å². The van der Waals surface area contributed by atoms with Crippen LogP contribution in [-0.4, -0.2) is 45.6 Å². The highest BCUT2D eigenvalue weighted by molar-refractivity contribution is 5.86. The van der Waals surface area contributed by atoms with Crippen LogP contribution in [0, 0.1) is 0 Å². The zero-order valence-corrected chi connectivity index (χ0v) is 15.5. The van der Waals surface area contributed by atoms with Crippen molar-refractivity contribution in [3.63, 3.8) is 0 Å². The molecule has 2 N–H and O–H groups in total. The first kappa shape index (κ1) is 18.6. The predicted molar refractivity (Wildman–Crippen MR) is 101 cm³/mol. The molecule has 4 rings (SSSR count). The molecule has 0 unspecified atom stereocenters. The lowest BCUT2D eigenvalue weighted by molar-refractivity contribution is -0.165. The summed E-state index contributed by atoms with van der Waals surface area (Å²) in [5.74, 6) is -0.335. The van der Waals surface area contributed by atoms with Crippen molar-refractivity contribution in [3.8, 4) is 0 Å². The van der Waals surface area contributed by atoms with Crippen molar-refractivity contribution in [3.05, 3.63) is 65.5 Å². The normalized spacial score (nSPS) is 22.2. The number of aromatic nitrogens is 1. The highest BCUT2D eigenvalue weighted by Crippen LogP contribution is 2.39. The molecule has 1 aliphatic heterocycles. The molecule has 28 heavy (non-hydrogen) atoms. The summed E-state index contributed by atoms with van der Waals surface area (Å²) in [6, 6.07) is 10.8. The van der Waals surface area contributed by atoms with Crippen molar-refractivity contribution in [2.24, 2.45) is 0 Å². The van der Waals surface area contributed by atoms with Crippen molar-refractivity contribution < 1.29 is 19.4 Å². The van der Waals surface area contributed by atoms with Gasteiger partial charge in [-0.2, -0.15) is 0 Å². The molecule has 2 amide bonds. The number of aliphatic hydroxyl groups excluding tert-OH is 1. The largest absolute Gasteiger partial charge is 0.392 e. The van der Waals surface area contributed by atoms with Crippen LogP contribution in [0.15, 0.2) is 48.8 Å². The maximum absolute atomic E-state index is 12.9. The number of aliphatic hydroxyl groups is 1. The van der Waals surface area contributed by atoms with Gasteiger partial charge in [0.1, 0.15) is 6.61 Å². The van der Waals surface area contributed by atoms with Crippen molar-refractivity contribution in [1.82, 2.24) is 15.2 Å². The molecule has 0 radical (unpaired) electrons. The lowest BCUT2D eigenvalue weighted by atomic mass is 9.98. The summed E-state index contributed by atoms with van der Waals surface area (Å²) < 4.78 is 5.69. The number of nitrogens with one attached hydrogen (secondary N) is 1. The smallest absolute Gasteiger partial charge is 0.251 e. The van der Waals surface area contributed by atoms with Crippen LogP contribution >= 0.6 is 0 Å². The Balaban J connectivity index is 1.51. The van der Waals surface area contributed by atoms with Crippen LogP contribution in [0.3, 0.4) is 0 Å². The number of rotatable bonds is 6. The molecule has 2 fully saturated rings. The molecule has 2 aromatic rings. The van der Waals surface area contributed by atoms with Gasteiger partial charge in [0.05, 0.1) is 12.6 Å². The third-order valence-electron chi connectivity index (χ3n) is 5.16.